The second-order valence-electron chi connectivity index (χ2n) is 6.94. The van der Waals surface area contributed by atoms with E-state index in [1.165, 1.54) is 0 Å². The summed E-state index contributed by atoms with van der Waals surface area (Å²) in [6, 6.07) is -0.532. The van der Waals surface area contributed by atoms with E-state index in [9.17, 15) is 14.7 Å². The summed E-state index contributed by atoms with van der Waals surface area (Å²) in [5, 5.41) is 13.1. The quantitative estimate of drug-likeness (QED) is 0.757. The number of aliphatic hydroxyl groups is 1. The number of cyclic esters (lactones) is 1. The molecule has 0 aromatic heterocycles. The molecule has 0 saturated carbocycles. The molecular weight excluding hydrogens is 274 g/mol. The lowest BCUT2D eigenvalue weighted by molar-refractivity contribution is -0.144. The highest BCUT2D eigenvalue weighted by molar-refractivity contribution is 5.75. The molecular formula is C15H27NO5. The molecule has 0 spiro atoms. The van der Waals surface area contributed by atoms with Gasteiger partial charge in [0.25, 0.3) is 0 Å². The van der Waals surface area contributed by atoms with E-state index in [0.717, 1.165) is 0 Å². The SMILES string of the molecule is CC(C)C[C@H](NC(=O)OC(C)(C)C)[C@@H](O)[C@H]1CCOC1=O. The largest absolute Gasteiger partial charge is 0.465 e. The highest BCUT2D eigenvalue weighted by Gasteiger charge is 2.38. The minimum Gasteiger partial charge on any atom is -0.465 e. The van der Waals surface area contributed by atoms with Crippen molar-refractivity contribution in [3.8, 4) is 0 Å². The maximum atomic E-state index is 11.9. The Labute approximate surface area is 126 Å². The van der Waals surface area contributed by atoms with Crippen LogP contribution in [0.3, 0.4) is 0 Å². The van der Waals surface area contributed by atoms with Crippen LogP contribution < -0.4 is 5.32 Å². The average molecular weight is 301 g/mol. The number of esters is 1. The van der Waals surface area contributed by atoms with E-state index in [4.69, 9.17) is 9.47 Å². The van der Waals surface area contributed by atoms with E-state index in [1.54, 1.807) is 20.8 Å². The summed E-state index contributed by atoms with van der Waals surface area (Å²) < 4.78 is 10.1. The van der Waals surface area contributed by atoms with Crippen molar-refractivity contribution in [3.63, 3.8) is 0 Å². The Bertz CT molecular complexity index is 375. The lowest BCUT2D eigenvalue weighted by Gasteiger charge is -2.29. The molecule has 1 aliphatic heterocycles. The molecule has 1 rings (SSSR count). The first-order valence-electron chi connectivity index (χ1n) is 7.44. The Hall–Kier alpha value is -1.30. The number of carbonyl (C=O) groups is 2. The minimum absolute atomic E-state index is 0.261. The maximum Gasteiger partial charge on any atom is 0.407 e. The number of hydrogen-bond acceptors (Lipinski definition) is 5. The smallest absolute Gasteiger partial charge is 0.407 e. The summed E-state index contributed by atoms with van der Waals surface area (Å²) in [6.45, 7) is 9.62. The molecule has 0 bridgehead atoms. The van der Waals surface area contributed by atoms with Crippen LogP contribution in [0.1, 0.15) is 47.5 Å². The van der Waals surface area contributed by atoms with E-state index in [-0.39, 0.29) is 5.92 Å². The highest BCUT2D eigenvalue weighted by Crippen LogP contribution is 2.23. The second kappa shape index (κ2) is 7.11. The van der Waals surface area contributed by atoms with Gasteiger partial charge in [0, 0.05) is 0 Å². The zero-order valence-electron chi connectivity index (χ0n) is 13.5. The van der Waals surface area contributed by atoms with Gasteiger partial charge in [0.1, 0.15) is 5.60 Å². The molecule has 21 heavy (non-hydrogen) atoms. The minimum atomic E-state index is -0.963. The van der Waals surface area contributed by atoms with E-state index in [1.807, 2.05) is 13.8 Å². The summed E-state index contributed by atoms with van der Waals surface area (Å²) in [7, 11) is 0. The molecule has 1 amide bonds. The predicted molar refractivity (Wildman–Crippen MR) is 77.7 cm³/mol. The molecule has 1 fully saturated rings. The Morgan fingerprint density at radius 1 is 1.48 bits per heavy atom. The molecule has 0 aromatic rings. The number of rotatable bonds is 5. The third-order valence-corrected chi connectivity index (χ3v) is 3.23. The molecule has 1 aliphatic rings. The summed E-state index contributed by atoms with van der Waals surface area (Å²) in [4.78, 5) is 23.5. The summed E-state index contributed by atoms with van der Waals surface area (Å²) in [5.74, 6) is -0.719. The topological polar surface area (TPSA) is 84.9 Å². The van der Waals surface area contributed by atoms with Crippen molar-refractivity contribution >= 4 is 12.1 Å². The summed E-state index contributed by atoms with van der Waals surface area (Å²) in [5.41, 5.74) is -0.607. The molecule has 0 radical (unpaired) electrons. The van der Waals surface area contributed by atoms with Crippen molar-refractivity contribution in [2.24, 2.45) is 11.8 Å². The van der Waals surface area contributed by atoms with Crippen molar-refractivity contribution in [2.75, 3.05) is 6.61 Å². The molecule has 1 heterocycles. The molecule has 2 N–H and O–H groups in total. The van der Waals surface area contributed by atoms with Crippen LogP contribution in [-0.2, 0) is 14.3 Å². The van der Waals surface area contributed by atoms with Gasteiger partial charge in [-0.25, -0.2) is 4.79 Å². The van der Waals surface area contributed by atoms with Gasteiger partial charge in [0.15, 0.2) is 0 Å². The Kier molecular flexibility index (Phi) is 6.01. The number of hydrogen-bond donors (Lipinski definition) is 2. The highest BCUT2D eigenvalue weighted by atomic mass is 16.6. The third-order valence-electron chi connectivity index (χ3n) is 3.23. The van der Waals surface area contributed by atoms with Gasteiger partial charge in [-0.2, -0.15) is 0 Å². The second-order valence-corrected chi connectivity index (χ2v) is 6.94. The van der Waals surface area contributed by atoms with Gasteiger partial charge in [0.05, 0.1) is 24.7 Å². The zero-order chi connectivity index (χ0) is 16.2. The van der Waals surface area contributed by atoms with Gasteiger partial charge in [-0.15, -0.1) is 0 Å². The van der Waals surface area contributed by atoms with E-state index >= 15 is 0 Å². The molecule has 0 aliphatic carbocycles. The first kappa shape index (κ1) is 17.8. The van der Waals surface area contributed by atoms with Crippen LogP contribution in [-0.4, -0.2) is 41.5 Å². The summed E-state index contributed by atoms with van der Waals surface area (Å²) in [6.07, 6.45) is -0.511. The van der Waals surface area contributed by atoms with Gasteiger partial charge < -0.3 is 19.9 Å². The van der Waals surface area contributed by atoms with Crippen molar-refractivity contribution in [1.29, 1.82) is 0 Å². The van der Waals surface area contributed by atoms with Gasteiger partial charge in [-0.05, 0) is 39.5 Å². The molecule has 3 atom stereocenters. The number of alkyl carbamates (subject to hydrolysis) is 1. The number of aliphatic hydroxyl groups excluding tert-OH is 1. The van der Waals surface area contributed by atoms with E-state index in [2.05, 4.69) is 5.32 Å². The third kappa shape index (κ3) is 5.91. The number of carbonyl (C=O) groups excluding carboxylic acids is 2. The molecule has 6 nitrogen and oxygen atoms in total. The fourth-order valence-corrected chi connectivity index (χ4v) is 2.35. The predicted octanol–water partition coefficient (Wildman–Crippen LogP) is 1.85. The van der Waals surface area contributed by atoms with Crippen LogP contribution in [0.5, 0.6) is 0 Å². The Morgan fingerprint density at radius 2 is 2.10 bits per heavy atom. The van der Waals surface area contributed by atoms with Crippen LogP contribution in [0.2, 0.25) is 0 Å². The van der Waals surface area contributed by atoms with Crippen molar-refractivity contribution in [1.82, 2.24) is 5.32 Å². The van der Waals surface area contributed by atoms with Crippen molar-refractivity contribution in [2.45, 2.75) is 65.2 Å². The van der Waals surface area contributed by atoms with Crippen LogP contribution in [0, 0.1) is 11.8 Å². The van der Waals surface area contributed by atoms with Gasteiger partial charge >= 0.3 is 12.1 Å². The zero-order valence-corrected chi connectivity index (χ0v) is 13.5. The lowest BCUT2D eigenvalue weighted by atomic mass is 9.90. The first-order chi connectivity index (χ1) is 9.60. The lowest BCUT2D eigenvalue weighted by Crippen LogP contribution is -2.49. The van der Waals surface area contributed by atoms with Gasteiger partial charge in [0.2, 0.25) is 0 Å². The van der Waals surface area contributed by atoms with Gasteiger partial charge in [-0.3, -0.25) is 4.79 Å². The van der Waals surface area contributed by atoms with Crippen LogP contribution >= 0.6 is 0 Å². The summed E-state index contributed by atoms with van der Waals surface area (Å²) >= 11 is 0. The van der Waals surface area contributed by atoms with E-state index in [0.29, 0.717) is 19.4 Å². The first-order valence-corrected chi connectivity index (χ1v) is 7.44. The van der Waals surface area contributed by atoms with Crippen LogP contribution in [0.25, 0.3) is 0 Å². The molecule has 1 saturated heterocycles. The number of ether oxygens (including phenoxy) is 2. The monoisotopic (exact) mass is 301 g/mol. The van der Waals surface area contributed by atoms with Crippen molar-refractivity contribution < 1.29 is 24.2 Å². The molecule has 0 unspecified atom stereocenters. The standard InChI is InChI=1S/C15H27NO5/c1-9(2)8-11(16-14(19)21-15(3,4)5)12(17)10-6-7-20-13(10)18/h9-12,17H,6-8H2,1-5H3,(H,16,19)/t10-,11+,12+/m1/s1. The van der Waals surface area contributed by atoms with E-state index < -0.39 is 35.7 Å². The Balaban J connectivity index is 2.70. The van der Waals surface area contributed by atoms with Gasteiger partial charge in [-0.1, -0.05) is 13.8 Å². The average Bonchev–Trinajstić information content (AvgIpc) is 2.70. The van der Waals surface area contributed by atoms with Crippen LogP contribution in [0.15, 0.2) is 0 Å². The molecule has 6 heteroatoms. The normalized spacial score (nSPS) is 21.9. The fourth-order valence-electron chi connectivity index (χ4n) is 2.35. The van der Waals surface area contributed by atoms with Crippen LogP contribution in [0.4, 0.5) is 4.79 Å². The maximum absolute atomic E-state index is 11.9. The number of nitrogens with one attached hydrogen (secondary N) is 1. The Morgan fingerprint density at radius 3 is 2.52 bits per heavy atom. The molecule has 0 aromatic carbocycles. The van der Waals surface area contributed by atoms with Crippen molar-refractivity contribution in [3.05, 3.63) is 0 Å². The fraction of sp³-hybridized carbons (Fsp3) is 0.867. The number of amides is 1. The molecule has 122 valence electrons.